The number of para-hydroxylation sites is 2. The number of phenols is 1. The average molecular weight is 446 g/mol. The number of ketones is 1. The van der Waals surface area contributed by atoms with Crippen molar-refractivity contribution in [1.82, 2.24) is 0 Å². The number of ether oxygens (including phenoxy) is 2. The average Bonchev–Trinajstić information content (AvgIpc) is 2.83. The molecule has 168 valence electrons. The summed E-state index contributed by atoms with van der Waals surface area (Å²) in [4.78, 5) is 26.1. The first-order valence-corrected chi connectivity index (χ1v) is 10.2. The normalized spacial score (nSPS) is 11.8. The number of phenolic OH excluding ortho intramolecular Hbond substituents is 1. The first-order valence-electron chi connectivity index (χ1n) is 10.2. The third-order valence-corrected chi connectivity index (χ3v) is 5.57. The first-order chi connectivity index (χ1) is 15.9. The van der Waals surface area contributed by atoms with Crippen LogP contribution in [0.15, 0.2) is 75.9 Å². The second-order valence-electron chi connectivity index (χ2n) is 7.46. The Morgan fingerprint density at radius 1 is 0.939 bits per heavy atom. The predicted octanol–water partition coefficient (Wildman–Crippen LogP) is 4.63. The van der Waals surface area contributed by atoms with Gasteiger partial charge in [-0.05, 0) is 42.0 Å². The van der Waals surface area contributed by atoms with Crippen molar-refractivity contribution in [3.8, 4) is 23.0 Å². The summed E-state index contributed by atoms with van der Waals surface area (Å²) in [5.41, 5.74) is 0.0875. The molecule has 3 aromatic carbocycles. The highest BCUT2D eigenvalue weighted by Gasteiger charge is 2.29. The molecule has 0 bridgehead atoms. The molecule has 1 atom stereocenters. The molecule has 1 aromatic heterocycles. The minimum absolute atomic E-state index is 0.0512. The van der Waals surface area contributed by atoms with E-state index in [2.05, 4.69) is 0 Å². The van der Waals surface area contributed by atoms with E-state index in [-0.39, 0.29) is 34.6 Å². The minimum atomic E-state index is -0.877. The number of hydrogen-bond donors (Lipinski definition) is 2. The van der Waals surface area contributed by atoms with Crippen molar-refractivity contribution in [3.05, 3.63) is 93.8 Å². The minimum Gasteiger partial charge on any atom is -0.507 e. The van der Waals surface area contributed by atoms with Crippen LogP contribution in [0.3, 0.4) is 0 Å². The van der Waals surface area contributed by atoms with Crippen molar-refractivity contribution in [2.45, 2.75) is 12.3 Å². The van der Waals surface area contributed by atoms with Crippen LogP contribution in [0, 0.1) is 0 Å². The molecule has 7 nitrogen and oxygen atoms in total. The van der Waals surface area contributed by atoms with Gasteiger partial charge in [-0.2, -0.15) is 0 Å². The molecule has 0 saturated heterocycles. The quantitative estimate of drug-likeness (QED) is 0.315. The maximum Gasteiger partial charge on any atom is 0.343 e. The Labute approximate surface area is 189 Å². The standard InChI is InChI=1S/C26H22O7/c1-31-22-12-11-15(13-23(22)32-2)18(14-20(28)16-7-3-5-9-19(16)27)24-25(29)17-8-4-6-10-21(17)33-26(24)30/h3-13,18,27,29H,14H2,1-2H3. The molecular formula is C26H22O7. The SMILES string of the molecule is COc1ccc(C(CC(=O)c2ccccc2O)c2c(O)c3ccccc3oc2=O)cc1OC. The Balaban J connectivity index is 1.91. The highest BCUT2D eigenvalue weighted by molar-refractivity contribution is 5.99. The Hall–Kier alpha value is -4.26. The lowest BCUT2D eigenvalue weighted by Crippen LogP contribution is -2.18. The number of methoxy groups -OCH3 is 2. The molecule has 0 radical (unpaired) electrons. The van der Waals surface area contributed by atoms with Crippen molar-refractivity contribution in [1.29, 1.82) is 0 Å². The molecule has 1 heterocycles. The third kappa shape index (κ3) is 4.13. The van der Waals surface area contributed by atoms with Crippen LogP contribution in [0.5, 0.6) is 23.0 Å². The van der Waals surface area contributed by atoms with Gasteiger partial charge in [0.1, 0.15) is 17.1 Å². The molecule has 1 unspecified atom stereocenters. The molecule has 0 aliphatic heterocycles. The van der Waals surface area contributed by atoms with Gasteiger partial charge in [-0.25, -0.2) is 4.79 Å². The van der Waals surface area contributed by atoms with Crippen molar-refractivity contribution >= 4 is 16.8 Å². The third-order valence-electron chi connectivity index (χ3n) is 5.57. The van der Waals surface area contributed by atoms with E-state index in [4.69, 9.17) is 13.9 Å². The second-order valence-corrected chi connectivity index (χ2v) is 7.46. The summed E-state index contributed by atoms with van der Waals surface area (Å²) in [5, 5.41) is 21.6. The van der Waals surface area contributed by atoms with Crippen LogP contribution < -0.4 is 15.1 Å². The number of Topliss-reactive ketones (excluding diaryl/α,β-unsaturated/α-hetero) is 1. The molecular weight excluding hydrogens is 424 g/mol. The number of benzene rings is 3. The molecule has 0 saturated carbocycles. The largest absolute Gasteiger partial charge is 0.507 e. The molecule has 4 rings (SSSR count). The fraction of sp³-hybridized carbons (Fsp3) is 0.154. The Kier molecular flexibility index (Phi) is 6.04. The number of hydrogen-bond acceptors (Lipinski definition) is 7. The number of carbonyl (C=O) groups is 1. The van der Waals surface area contributed by atoms with Crippen molar-refractivity contribution in [2.24, 2.45) is 0 Å². The predicted molar refractivity (Wildman–Crippen MR) is 123 cm³/mol. The zero-order valence-electron chi connectivity index (χ0n) is 18.1. The Morgan fingerprint density at radius 3 is 2.36 bits per heavy atom. The fourth-order valence-corrected chi connectivity index (χ4v) is 3.92. The van der Waals surface area contributed by atoms with Gasteiger partial charge in [0.25, 0.3) is 0 Å². The van der Waals surface area contributed by atoms with Crippen molar-refractivity contribution < 1.29 is 28.9 Å². The molecule has 7 heteroatoms. The number of rotatable bonds is 7. The van der Waals surface area contributed by atoms with E-state index in [0.717, 1.165) is 0 Å². The van der Waals surface area contributed by atoms with Crippen LogP contribution in [0.1, 0.15) is 33.8 Å². The zero-order chi connectivity index (χ0) is 23.5. The van der Waals surface area contributed by atoms with E-state index in [1.165, 1.54) is 26.4 Å². The highest BCUT2D eigenvalue weighted by Crippen LogP contribution is 2.40. The highest BCUT2D eigenvalue weighted by atomic mass is 16.5. The van der Waals surface area contributed by atoms with Gasteiger partial charge < -0.3 is 24.1 Å². The van der Waals surface area contributed by atoms with Gasteiger partial charge in [-0.1, -0.05) is 30.3 Å². The summed E-state index contributed by atoms with van der Waals surface area (Å²) in [5.74, 6) is -0.825. The summed E-state index contributed by atoms with van der Waals surface area (Å²) in [7, 11) is 2.98. The van der Waals surface area contributed by atoms with Gasteiger partial charge in [0.2, 0.25) is 0 Å². The summed E-state index contributed by atoms with van der Waals surface area (Å²) in [6, 6.07) is 17.8. The summed E-state index contributed by atoms with van der Waals surface area (Å²) >= 11 is 0. The van der Waals surface area contributed by atoms with E-state index in [1.807, 2.05) is 0 Å². The van der Waals surface area contributed by atoms with Gasteiger partial charge >= 0.3 is 5.63 Å². The summed E-state index contributed by atoms with van der Waals surface area (Å²) in [6.07, 6.45) is -0.205. The van der Waals surface area contributed by atoms with Gasteiger partial charge in [0, 0.05) is 12.3 Å². The first kappa shape index (κ1) is 22.0. The summed E-state index contributed by atoms with van der Waals surface area (Å²) in [6.45, 7) is 0. The smallest absolute Gasteiger partial charge is 0.343 e. The molecule has 4 aromatic rings. The van der Waals surface area contributed by atoms with Gasteiger partial charge in [0.05, 0.1) is 30.7 Å². The molecule has 2 N–H and O–H groups in total. The van der Waals surface area contributed by atoms with E-state index in [9.17, 15) is 19.8 Å². The Bertz CT molecular complexity index is 1390. The fourth-order valence-electron chi connectivity index (χ4n) is 3.92. The van der Waals surface area contributed by atoms with Crippen LogP contribution in [0.4, 0.5) is 0 Å². The number of fused-ring (bicyclic) bond motifs is 1. The van der Waals surface area contributed by atoms with Gasteiger partial charge in [-0.3, -0.25) is 4.79 Å². The lowest BCUT2D eigenvalue weighted by atomic mass is 9.85. The Morgan fingerprint density at radius 2 is 1.64 bits per heavy atom. The van der Waals surface area contributed by atoms with E-state index < -0.39 is 17.3 Å². The van der Waals surface area contributed by atoms with E-state index >= 15 is 0 Å². The number of aromatic hydroxyl groups is 2. The second kappa shape index (κ2) is 9.08. The summed E-state index contributed by atoms with van der Waals surface area (Å²) < 4.78 is 16.1. The lowest BCUT2D eigenvalue weighted by molar-refractivity contribution is 0.0974. The van der Waals surface area contributed by atoms with Gasteiger partial charge in [0.15, 0.2) is 17.3 Å². The maximum absolute atomic E-state index is 13.2. The van der Waals surface area contributed by atoms with Crippen LogP contribution in [0.25, 0.3) is 11.0 Å². The number of carbonyl (C=O) groups excluding carboxylic acids is 1. The van der Waals surface area contributed by atoms with Crippen molar-refractivity contribution in [2.75, 3.05) is 14.2 Å². The molecule has 0 fully saturated rings. The van der Waals surface area contributed by atoms with Crippen LogP contribution in [-0.4, -0.2) is 30.2 Å². The molecule has 0 aliphatic carbocycles. The van der Waals surface area contributed by atoms with Crippen molar-refractivity contribution in [3.63, 3.8) is 0 Å². The van der Waals surface area contributed by atoms with Gasteiger partial charge in [-0.15, -0.1) is 0 Å². The van der Waals surface area contributed by atoms with E-state index in [0.29, 0.717) is 22.4 Å². The topological polar surface area (TPSA) is 106 Å². The monoisotopic (exact) mass is 446 g/mol. The lowest BCUT2D eigenvalue weighted by Gasteiger charge is -2.20. The van der Waals surface area contributed by atoms with E-state index in [1.54, 1.807) is 54.6 Å². The molecule has 33 heavy (non-hydrogen) atoms. The van der Waals surface area contributed by atoms with Crippen LogP contribution in [0.2, 0.25) is 0 Å². The van der Waals surface area contributed by atoms with Crippen LogP contribution >= 0.6 is 0 Å². The molecule has 0 aliphatic rings. The maximum atomic E-state index is 13.2. The zero-order valence-corrected chi connectivity index (χ0v) is 18.1. The molecule has 0 spiro atoms. The molecule has 0 amide bonds. The van der Waals surface area contributed by atoms with Crippen LogP contribution in [-0.2, 0) is 0 Å².